The van der Waals surface area contributed by atoms with Gasteiger partial charge in [-0.2, -0.15) is 0 Å². The predicted octanol–water partition coefficient (Wildman–Crippen LogP) is 9.38. The average Bonchev–Trinajstić information content (AvgIpc) is 2.77. The highest BCUT2D eigenvalue weighted by Crippen LogP contribution is 2.47. The lowest BCUT2D eigenvalue weighted by atomic mass is 9.79. The zero-order valence-electron chi connectivity index (χ0n) is 20.4. The summed E-state index contributed by atoms with van der Waals surface area (Å²) in [4.78, 5) is 0. The Morgan fingerprint density at radius 3 is 0.733 bits per heavy atom. The Labute approximate surface area is 202 Å². The molecule has 0 nitrogen and oxygen atoms in total. The Morgan fingerprint density at radius 1 is 0.333 bits per heavy atom. The number of halogens is 2. The van der Waals surface area contributed by atoms with Crippen LogP contribution in [0, 0.1) is 0 Å². The van der Waals surface area contributed by atoms with Crippen molar-refractivity contribution >= 4 is 31.9 Å². The van der Waals surface area contributed by atoms with E-state index < -0.39 is 0 Å². The summed E-state index contributed by atoms with van der Waals surface area (Å²) in [5.74, 6) is 0. The minimum atomic E-state index is 1.07. The third-order valence-corrected chi connectivity index (χ3v) is 8.59. The van der Waals surface area contributed by atoms with Crippen molar-refractivity contribution in [2.75, 3.05) is 0 Å². The van der Waals surface area contributed by atoms with Crippen LogP contribution in [0.2, 0.25) is 0 Å². The first-order valence-corrected chi connectivity index (χ1v) is 13.7. The summed E-state index contributed by atoms with van der Waals surface area (Å²) >= 11 is 8.26. The topological polar surface area (TPSA) is 0 Å². The predicted molar refractivity (Wildman–Crippen MR) is 142 cm³/mol. The van der Waals surface area contributed by atoms with Gasteiger partial charge in [-0.3, -0.25) is 0 Å². The van der Waals surface area contributed by atoms with E-state index in [0.29, 0.717) is 0 Å². The molecule has 166 valence electrons. The maximum absolute atomic E-state index is 4.13. The zero-order chi connectivity index (χ0) is 22.6. The van der Waals surface area contributed by atoms with Gasteiger partial charge in [-0.05, 0) is 128 Å². The van der Waals surface area contributed by atoms with Crippen LogP contribution in [0.1, 0.15) is 99.9 Å². The van der Waals surface area contributed by atoms with Gasteiger partial charge >= 0.3 is 0 Å². The second-order valence-electron chi connectivity index (χ2n) is 8.03. The zero-order valence-corrected chi connectivity index (χ0v) is 23.6. The Kier molecular flexibility index (Phi) is 9.68. The molecule has 0 saturated carbocycles. The molecule has 2 aromatic rings. The first kappa shape index (κ1) is 25.7. The largest absolute Gasteiger partial charge is 0.0613 e. The van der Waals surface area contributed by atoms with Crippen LogP contribution in [0.5, 0.6) is 0 Å². The van der Waals surface area contributed by atoms with E-state index in [-0.39, 0.29) is 0 Å². The summed E-state index contributed by atoms with van der Waals surface area (Å²) < 4.78 is 2.67. The van der Waals surface area contributed by atoms with Gasteiger partial charge in [0.05, 0.1) is 0 Å². The van der Waals surface area contributed by atoms with Crippen molar-refractivity contribution in [1.29, 1.82) is 0 Å². The molecule has 30 heavy (non-hydrogen) atoms. The normalized spacial score (nSPS) is 11.4. The van der Waals surface area contributed by atoms with Crippen molar-refractivity contribution in [2.45, 2.75) is 107 Å². The van der Waals surface area contributed by atoms with Gasteiger partial charge < -0.3 is 0 Å². The van der Waals surface area contributed by atoms with Crippen LogP contribution < -0.4 is 0 Å². The molecule has 0 spiro atoms. The summed E-state index contributed by atoms with van der Waals surface area (Å²) in [5, 5.41) is 0. The van der Waals surface area contributed by atoms with E-state index >= 15 is 0 Å². The van der Waals surface area contributed by atoms with E-state index in [1.807, 2.05) is 0 Å². The number of rotatable bonds is 9. The molecular weight excluding hydrogens is 496 g/mol. The molecule has 0 atom stereocenters. The Hall–Kier alpha value is -0.600. The highest BCUT2D eigenvalue weighted by Gasteiger charge is 2.26. The smallest absolute Gasteiger partial charge is 0.0291 e. The maximum atomic E-state index is 4.13. The molecule has 0 saturated heterocycles. The Morgan fingerprint density at radius 2 is 0.533 bits per heavy atom. The number of hydrogen-bond acceptors (Lipinski definition) is 0. The molecule has 2 heteroatoms. The molecule has 0 amide bonds. The van der Waals surface area contributed by atoms with Crippen LogP contribution in [-0.4, -0.2) is 0 Å². The van der Waals surface area contributed by atoms with E-state index in [0.717, 1.165) is 51.4 Å². The second-order valence-corrected chi connectivity index (χ2v) is 9.62. The van der Waals surface area contributed by atoms with Crippen LogP contribution >= 0.6 is 31.9 Å². The van der Waals surface area contributed by atoms with Gasteiger partial charge in [0.2, 0.25) is 0 Å². The first-order chi connectivity index (χ1) is 14.4. The summed E-state index contributed by atoms with van der Waals surface area (Å²) in [6.45, 7) is 18.6. The third-order valence-electron chi connectivity index (χ3n) is 6.84. The second kappa shape index (κ2) is 11.3. The fraction of sp³-hybridized carbons (Fsp3) is 0.571. The summed E-state index contributed by atoms with van der Waals surface area (Å²) in [5.41, 5.74) is 15.3. The lowest BCUT2D eigenvalue weighted by molar-refractivity contribution is 0.927. The van der Waals surface area contributed by atoms with Crippen molar-refractivity contribution in [2.24, 2.45) is 0 Å². The molecule has 0 radical (unpaired) electrons. The highest BCUT2D eigenvalue weighted by atomic mass is 79.9. The fourth-order valence-electron chi connectivity index (χ4n) is 5.61. The monoisotopic (exact) mass is 534 g/mol. The molecule has 0 aromatic heterocycles. The van der Waals surface area contributed by atoms with Crippen LogP contribution in [0.25, 0.3) is 11.1 Å². The molecule has 0 aliphatic heterocycles. The lowest BCUT2D eigenvalue weighted by Gasteiger charge is -2.28. The van der Waals surface area contributed by atoms with E-state index in [4.69, 9.17) is 0 Å². The highest BCUT2D eigenvalue weighted by molar-refractivity contribution is 9.11. The molecule has 2 aromatic carbocycles. The molecule has 0 N–H and O–H groups in total. The van der Waals surface area contributed by atoms with Crippen molar-refractivity contribution in [3.8, 4) is 11.1 Å². The van der Waals surface area contributed by atoms with E-state index in [1.54, 1.807) is 33.4 Å². The minimum absolute atomic E-state index is 1.07. The van der Waals surface area contributed by atoms with Crippen LogP contribution in [-0.2, 0) is 51.4 Å². The number of hydrogen-bond donors (Lipinski definition) is 0. The van der Waals surface area contributed by atoms with Crippen molar-refractivity contribution in [3.63, 3.8) is 0 Å². The van der Waals surface area contributed by atoms with Gasteiger partial charge in [0.15, 0.2) is 0 Å². The van der Waals surface area contributed by atoms with Gasteiger partial charge in [0, 0.05) is 20.1 Å². The van der Waals surface area contributed by atoms with Gasteiger partial charge in [0.1, 0.15) is 0 Å². The van der Waals surface area contributed by atoms with Gasteiger partial charge in [0.25, 0.3) is 0 Å². The summed E-state index contributed by atoms with van der Waals surface area (Å²) in [6, 6.07) is 0. The van der Waals surface area contributed by atoms with Gasteiger partial charge in [-0.15, -0.1) is 0 Å². The molecule has 0 bridgehead atoms. The molecule has 0 unspecified atom stereocenters. The van der Waals surface area contributed by atoms with E-state index in [9.17, 15) is 0 Å². The molecule has 0 aliphatic carbocycles. The Bertz CT molecular complexity index is 831. The van der Waals surface area contributed by atoms with Crippen LogP contribution in [0.15, 0.2) is 8.95 Å². The Balaban J connectivity index is 3.18. The molecule has 0 aliphatic rings. The molecule has 0 heterocycles. The lowest BCUT2D eigenvalue weighted by Crippen LogP contribution is -2.11. The SMILES string of the molecule is CCc1c(Br)c(-c2c(Br)c(CC)c(CC)c(CC)c2CC)c(CC)c(CC)c1CC. The number of benzene rings is 2. The van der Waals surface area contributed by atoms with Gasteiger partial charge in [-0.25, -0.2) is 0 Å². The van der Waals surface area contributed by atoms with Crippen LogP contribution in [0.4, 0.5) is 0 Å². The van der Waals surface area contributed by atoms with Gasteiger partial charge in [-0.1, -0.05) is 55.4 Å². The fourth-order valence-corrected chi connectivity index (χ4v) is 7.52. The average molecular weight is 536 g/mol. The van der Waals surface area contributed by atoms with E-state index in [1.165, 1.54) is 31.2 Å². The first-order valence-electron chi connectivity index (χ1n) is 12.1. The molecule has 2 rings (SSSR count). The van der Waals surface area contributed by atoms with Crippen molar-refractivity contribution in [1.82, 2.24) is 0 Å². The third kappa shape index (κ3) is 4.20. The quantitative estimate of drug-likeness (QED) is 0.300. The summed E-state index contributed by atoms with van der Waals surface area (Å²) in [6.07, 6.45) is 8.71. The van der Waals surface area contributed by atoms with Crippen molar-refractivity contribution < 1.29 is 0 Å². The standard InChI is InChI=1S/C28H40Br2/c1-9-17-19(11-3)23(15-7)27(29)25(21(17)13-5)26-22(14-6)18(10-2)20(12-4)24(16-8)28(26)30/h9-16H2,1-8H3. The maximum Gasteiger partial charge on any atom is 0.0291 e. The molecule has 0 fully saturated rings. The van der Waals surface area contributed by atoms with Crippen LogP contribution in [0.3, 0.4) is 0 Å². The van der Waals surface area contributed by atoms with Crippen molar-refractivity contribution in [3.05, 3.63) is 53.5 Å². The van der Waals surface area contributed by atoms with E-state index in [2.05, 4.69) is 87.2 Å². The summed E-state index contributed by atoms with van der Waals surface area (Å²) in [7, 11) is 0. The minimum Gasteiger partial charge on any atom is -0.0613 e. The molecular formula is C28H40Br2.